The number of halogens is 1. The van der Waals surface area contributed by atoms with Crippen molar-refractivity contribution in [2.45, 2.75) is 32.2 Å². The number of carboxylic acids is 1. The highest BCUT2D eigenvalue weighted by molar-refractivity contribution is 6.30. The molecule has 1 amide bonds. The summed E-state index contributed by atoms with van der Waals surface area (Å²) >= 11 is 5.88. The largest absolute Gasteiger partial charge is 0.480 e. The molecule has 8 heteroatoms. The van der Waals surface area contributed by atoms with E-state index in [1.807, 2.05) is 0 Å². The van der Waals surface area contributed by atoms with Crippen LogP contribution in [0.15, 0.2) is 24.3 Å². The second-order valence-corrected chi connectivity index (χ2v) is 6.16. The Morgan fingerprint density at radius 1 is 1.25 bits per heavy atom. The third-order valence-corrected chi connectivity index (χ3v) is 4.33. The Labute approximate surface area is 143 Å². The van der Waals surface area contributed by atoms with Crippen LogP contribution >= 0.6 is 11.6 Å². The highest BCUT2D eigenvalue weighted by Crippen LogP contribution is 2.20. The van der Waals surface area contributed by atoms with E-state index in [1.54, 1.807) is 35.9 Å². The molecule has 0 unspecified atom stereocenters. The van der Waals surface area contributed by atoms with E-state index in [-0.39, 0.29) is 5.82 Å². The van der Waals surface area contributed by atoms with Gasteiger partial charge in [0.2, 0.25) is 5.82 Å². The molecule has 0 aliphatic carbocycles. The molecule has 7 nitrogen and oxygen atoms in total. The molecule has 1 aromatic heterocycles. The van der Waals surface area contributed by atoms with Crippen molar-refractivity contribution in [1.82, 2.24) is 19.7 Å². The smallest absolute Gasteiger partial charge is 0.326 e. The number of aliphatic carboxylic acids is 1. The highest BCUT2D eigenvalue weighted by atomic mass is 35.5. The number of hydrogen-bond donors (Lipinski definition) is 1. The zero-order valence-corrected chi connectivity index (χ0v) is 13.9. The zero-order chi connectivity index (χ0) is 17.3. The number of aromatic nitrogens is 3. The molecule has 3 rings (SSSR count). The first kappa shape index (κ1) is 16.4. The summed E-state index contributed by atoms with van der Waals surface area (Å²) in [6.07, 6.45) is 2.04. The maximum Gasteiger partial charge on any atom is 0.326 e. The van der Waals surface area contributed by atoms with Gasteiger partial charge in [-0.2, -0.15) is 0 Å². The van der Waals surface area contributed by atoms with E-state index in [0.717, 1.165) is 18.5 Å². The number of amides is 1. The molecule has 0 bridgehead atoms. The third kappa shape index (κ3) is 3.12. The first-order valence-corrected chi connectivity index (χ1v) is 8.08. The van der Waals surface area contributed by atoms with E-state index in [1.165, 1.54) is 4.90 Å². The fourth-order valence-electron chi connectivity index (χ4n) is 2.87. The van der Waals surface area contributed by atoms with Crippen molar-refractivity contribution in [3.63, 3.8) is 0 Å². The van der Waals surface area contributed by atoms with Crippen molar-refractivity contribution in [2.24, 2.45) is 0 Å². The summed E-state index contributed by atoms with van der Waals surface area (Å²) in [6, 6.07) is 6.20. The molecule has 1 atom stereocenters. The van der Waals surface area contributed by atoms with Crippen molar-refractivity contribution in [1.29, 1.82) is 0 Å². The van der Waals surface area contributed by atoms with Gasteiger partial charge >= 0.3 is 5.97 Å². The van der Waals surface area contributed by atoms with Gasteiger partial charge < -0.3 is 10.0 Å². The first-order chi connectivity index (χ1) is 11.5. The van der Waals surface area contributed by atoms with E-state index < -0.39 is 17.9 Å². The van der Waals surface area contributed by atoms with Crippen LogP contribution in [0.3, 0.4) is 0 Å². The van der Waals surface area contributed by atoms with Crippen molar-refractivity contribution < 1.29 is 14.7 Å². The number of carbonyl (C=O) groups is 2. The zero-order valence-electron chi connectivity index (χ0n) is 13.1. The summed E-state index contributed by atoms with van der Waals surface area (Å²) in [5, 5.41) is 14.2. The van der Waals surface area contributed by atoms with Crippen LogP contribution in [-0.2, 0) is 4.79 Å². The molecule has 0 spiro atoms. The van der Waals surface area contributed by atoms with Gasteiger partial charge in [0, 0.05) is 11.6 Å². The number of nitrogens with zero attached hydrogens (tertiary/aromatic N) is 4. The second-order valence-electron chi connectivity index (χ2n) is 5.72. The number of rotatable bonds is 3. The van der Waals surface area contributed by atoms with E-state index in [0.29, 0.717) is 23.8 Å². The predicted octanol–water partition coefficient (Wildman–Crippen LogP) is 2.31. The van der Waals surface area contributed by atoms with Crippen LogP contribution in [0.25, 0.3) is 5.69 Å². The summed E-state index contributed by atoms with van der Waals surface area (Å²) < 4.78 is 1.54. The molecule has 0 saturated carbocycles. The van der Waals surface area contributed by atoms with Crippen molar-refractivity contribution in [3.05, 3.63) is 40.9 Å². The Balaban J connectivity index is 1.89. The monoisotopic (exact) mass is 348 g/mol. The lowest BCUT2D eigenvalue weighted by Gasteiger charge is -2.31. The first-order valence-electron chi connectivity index (χ1n) is 7.71. The van der Waals surface area contributed by atoms with Gasteiger partial charge in [-0.15, -0.1) is 5.10 Å². The van der Waals surface area contributed by atoms with Gasteiger partial charge in [0.1, 0.15) is 11.9 Å². The average Bonchev–Trinajstić information content (AvgIpc) is 2.96. The van der Waals surface area contributed by atoms with Crippen LogP contribution < -0.4 is 0 Å². The molecule has 24 heavy (non-hydrogen) atoms. The number of aryl methyl sites for hydroxylation is 1. The van der Waals surface area contributed by atoms with Crippen LogP contribution in [0, 0.1) is 6.92 Å². The van der Waals surface area contributed by atoms with Crippen molar-refractivity contribution in [3.8, 4) is 5.69 Å². The summed E-state index contributed by atoms with van der Waals surface area (Å²) in [5.74, 6) is -0.880. The Morgan fingerprint density at radius 3 is 2.62 bits per heavy atom. The molecule has 1 N–H and O–H groups in total. The van der Waals surface area contributed by atoms with Gasteiger partial charge in [-0.25, -0.2) is 14.5 Å². The summed E-state index contributed by atoms with van der Waals surface area (Å²) in [5.41, 5.74) is 0.733. The number of benzene rings is 1. The van der Waals surface area contributed by atoms with Gasteiger partial charge in [0.15, 0.2) is 0 Å². The van der Waals surface area contributed by atoms with Crippen LogP contribution in [0.5, 0.6) is 0 Å². The van der Waals surface area contributed by atoms with Gasteiger partial charge in [-0.05, 0) is 50.5 Å². The lowest BCUT2D eigenvalue weighted by atomic mass is 10.0. The quantitative estimate of drug-likeness (QED) is 0.919. The predicted molar refractivity (Wildman–Crippen MR) is 87.4 cm³/mol. The normalized spacial score (nSPS) is 17.8. The van der Waals surface area contributed by atoms with Gasteiger partial charge in [-0.1, -0.05) is 11.6 Å². The van der Waals surface area contributed by atoms with Gasteiger partial charge in [0.25, 0.3) is 5.91 Å². The van der Waals surface area contributed by atoms with Crippen LogP contribution in [-0.4, -0.2) is 49.2 Å². The molecular weight excluding hydrogens is 332 g/mol. The van der Waals surface area contributed by atoms with Crippen LogP contribution in [0.1, 0.15) is 35.7 Å². The minimum atomic E-state index is -0.989. The maximum absolute atomic E-state index is 12.7. The topological polar surface area (TPSA) is 88.3 Å². The molecule has 1 aliphatic heterocycles. The Morgan fingerprint density at radius 2 is 1.96 bits per heavy atom. The third-order valence-electron chi connectivity index (χ3n) is 4.08. The lowest BCUT2D eigenvalue weighted by molar-refractivity contribution is -0.143. The number of hydrogen-bond acceptors (Lipinski definition) is 4. The standard InChI is InChI=1S/C16H17ClN4O3/c1-10-18-14(19-21(10)12-7-5-11(17)6-8-12)15(22)20-9-3-2-4-13(20)16(23)24/h5-8,13H,2-4,9H2,1H3,(H,23,24)/t13-/m1/s1. The van der Waals surface area contributed by atoms with Crippen molar-refractivity contribution >= 4 is 23.5 Å². The molecule has 1 aliphatic rings. The molecular formula is C16H17ClN4O3. The molecule has 2 aromatic rings. The molecule has 1 fully saturated rings. The fraction of sp³-hybridized carbons (Fsp3) is 0.375. The van der Waals surface area contributed by atoms with E-state index in [2.05, 4.69) is 10.1 Å². The molecule has 126 valence electrons. The summed E-state index contributed by atoms with van der Waals surface area (Å²) in [4.78, 5) is 29.6. The van der Waals surface area contributed by atoms with E-state index in [9.17, 15) is 14.7 Å². The highest BCUT2D eigenvalue weighted by Gasteiger charge is 2.34. The lowest BCUT2D eigenvalue weighted by Crippen LogP contribution is -2.48. The molecule has 1 aromatic carbocycles. The minimum Gasteiger partial charge on any atom is -0.480 e. The van der Waals surface area contributed by atoms with E-state index >= 15 is 0 Å². The van der Waals surface area contributed by atoms with Crippen molar-refractivity contribution in [2.75, 3.05) is 6.54 Å². The van der Waals surface area contributed by atoms with Gasteiger partial charge in [0.05, 0.1) is 5.69 Å². The van der Waals surface area contributed by atoms with E-state index in [4.69, 9.17) is 11.6 Å². The van der Waals surface area contributed by atoms with Crippen LogP contribution in [0.4, 0.5) is 0 Å². The molecule has 1 saturated heterocycles. The maximum atomic E-state index is 12.7. The SMILES string of the molecule is Cc1nc(C(=O)N2CCCC[C@@H]2C(=O)O)nn1-c1ccc(Cl)cc1. The molecule has 2 heterocycles. The van der Waals surface area contributed by atoms with Gasteiger partial charge in [-0.3, -0.25) is 4.79 Å². The Kier molecular flexibility index (Phi) is 4.53. The number of likely N-dealkylation sites (tertiary alicyclic amines) is 1. The fourth-order valence-corrected chi connectivity index (χ4v) is 2.99. The average molecular weight is 349 g/mol. The Bertz CT molecular complexity index is 772. The van der Waals surface area contributed by atoms with Crippen LogP contribution in [0.2, 0.25) is 5.02 Å². The number of carbonyl (C=O) groups excluding carboxylic acids is 1. The summed E-state index contributed by atoms with van der Waals surface area (Å²) in [6.45, 7) is 2.15. The second kappa shape index (κ2) is 6.60. The number of piperidine rings is 1. The Hall–Kier alpha value is -2.41. The number of carboxylic acid groups (broad SMARTS) is 1. The summed E-state index contributed by atoms with van der Waals surface area (Å²) in [7, 11) is 0. The molecule has 0 radical (unpaired) electrons. The minimum absolute atomic E-state index is 0.00981.